The minimum atomic E-state index is -0.596. The Labute approximate surface area is 146 Å². The highest BCUT2D eigenvalue weighted by molar-refractivity contribution is 5.90. The molecule has 2 amide bonds. The van der Waals surface area contributed by atoms with Gasteiger partial charge >= 0.3 is 0 Å². The molecule has 0 aliphatic carbocycles. The van der Waals surface area contributed by atoms with Gasteiger partial charge in [0.1, 0.15) is 11.4 Å². The van der Waals surface area contributed by atoms with Crippen molar-refractivity contribution in [1.82, 2.24) is 15.1 Å². The van der Waals surface area contributed by atoms with Crippen molar-refractivity contribution in [3.63, 3.8) is 0 Å². The summed E-state index contributed by atoms with van der Waals surface area (Å²) in [5.41, 5.74) is 6.18. The van der Waals surface area contributed by atoms with E-state index in [0.29, 0.717) is 12.3 Å². The van der Waals surface area contributed by atoms with Crippen molar-refractivity contribution < 1.29 is 14.3 Å². The molecule has 1 aliphatic rings. The molecule has 1 fully saturated rings. The molecule has 1 saturated heterocycles. The number of aromatic amines is 1. The normalized spacial score (nSPS) is 18.6. The molecule has 25 heavy (non-hydrogen) atoms. The lowest BCUT2D eigenvalue weighted by molar-refractivity contribution is -0.142. The number of likely N-dealkylation sites (tertiary alicyclic amines) is 1. The molecule has 1 aromatic heterocycles. The van der Waals surface area contributed by atoms with E-state index in [9.17, 15) is 9.59 Å². The summed E-state index contributed by atoms with van der Waals surface area (Å²) in [7, 11) is 0. The summed E-state index contributed by atoms with van der Waals surface area (Å²) >= 11 is 0. The number of hydrogen-bond acceptors (Lipinski definition) is 4. The van der Waals surface area contributed by atoms with Gasteiger partial charge in [-0.05, 0) is 44.4 Å². The number of ether oxygens (including phenoxy) is 1. The van der Waals surface area contributed by atoms with Crippen molar-refractivity contribution in [3.05, 3.63) is 47.8 Å². The SMILES string of the molecule is CC(Oc1ccccc1)C(=O)N1CCCCC1c1cc(C(N)=O)n[nH]1. The number of amides is 2. The topological polar surface area (TPSA) is 101 Å². The second-order valence-corrected chi connectivity index (χ2v) is 6.19. The highest BCUT2D eigenvalue weighted by Crippen LogP contribution is 2.31. The maximum atomic E-state index is 12.9. The molecular weight excluding hydrogens is 320 g/mol. The van der Waals surface area contributed by atoms with E-state index >= 15 is 0 Å². The summed E-state index contributed by atoms with van der Waals surface area (Å²) in [6.45, 7) is 2.40. The van der Waals surface area contributed by atoms with Crippen LogP contribution in [0, 0.1) is 0 Å². The average molecular weight is 342 g/mol. The number of para-hydroxylation sites is 1. The number of nitrogens with one attached hydrogen (secondary N) is 1. The number of benzene rings is 1. The summed E-state index contributed by atoms with van der Waals surface area (Å²) in [6, 6.07) is 10.8. The smallest absolute Gasteiger partial charge is 0.269 e. The molecule has 0 bridgehead atoms. The summed E-state index contributed by atoms with van der Waals surface area (Å²) in [5, 5.41) is 6.77. The lowest BCUT2D eigenvalue weighted by Crippen LogP contribution is -2.45. The Balaban J connectivity index is 1.75. The molecule has 2 aromatic rings. The van der Waals surface area contributed by atoms with E-state index in [1.165, 1.54) is 0 Å². The van der Waals surface area contributed by atoms with Crippen LogP contribution in [-0.2, 0) is 4.79 Å². The second kappa shape index (κ2) is 7.38. The molecule has 2 unspecified atom stereocenters. The zero-order valence-corrected chi connectivity index (χ0v) is 14.1. The van der Waals surface area contributed by atoms with E-state index in [0.717, 1.165) is 25.0 Å². The molecule has 1 aromatic carbocycles. The van der Waals surface area contributed by atoms with Crippen LogP contribution in [0.15, 0.2) is 36.4 Å². The Morgan fingerprint density at radius 1 is 1.32 bits per heavy atom. The molecule has 3 rings (SSSR count). The van der Waals surface area contributed by atoms with Crippen LogP contribution >= 0.6 is 0 Å². The molecule has 0 saturated carbocycles. The third kappa shape index (κ3) is 3.81. The van der Waals surface area contributed by atoms with Crippen LogP contribution in [-0.4, -0.2) is 39.6 Å². The molecule has 132 valence electrons. The molecule has 7 heteroatoms. The molecule has 1 aliphatic heterocycles. The first-order valence-corrected chi connectivity index (χ1v) is 8.43. The monoisotopic (exact) mass is 342 g/mol. The van der Waals surface area contributed by atoms with E-state index < -0.39 is 12.0 Å². The highest BCUT2D eigenvalue weighted by atomic mass is 16.5. The third-order valence-corrected chi connectivity index (χ3v) is 4.40. The number of aromatic nitrogens is 2. The number of carbonyl (C=O) groups excluding carboxylic acids is 2. The van der Waals surface area contributed by atoms with Crippen LogP contribution < -0.4 is 10.5 Å². The number of piperidine rings is 1. The van der Waals surface area contributed by atoms with E-state index in [-0.39, 0.29) is 17.6 Å². The van der Waals surface area contributed by atoms with Gasteiger partial charge in [-0.2, -0.15) is 5.10 Å². The summed E-state index contributed by atoms with van der Waals surface area (Å²) in [5.74, 6) is -0.00444. The van der Waals surface area contributed by atoms with Gasteiger partial charge in [-0.3, -0.25) is 14.7 Å². The fourth-order valence-electron chi connectivity index (χ4n) is 3.14. The Kier molecular flexibility index (Phi) is 5.02. The van der Waals surface area contributed by atoms with Crippen LogP contribution in [0.1, 0.15) is 48.4 Å². The Hall–Kier alpha value is -2.83. The Bertz CT molecular complexity index is 744. The predicted molar refractivity (Wildman–Crippen MR) is 91.9 cm³/mol. The maximum Gasteiger partial charge on any atom is 0.269 e. The molecule has 3 N–H and O–H groups in total. The quantitative estimate of drug-likeness (QED) is 0.868. The van der Waals surface area contributed by atoms with Crippen molar-refractivity contribution in [2.75, 3.05) is 6.54 Å². The number of carbonyl (C=O) groups is 2. The summed E-state index contributed by atoms with van der Waals surface area (Å²) in [4.78, 5) is 26.0. The van der Waals surface area contributed by atoms with Crippen LogP contribution in [0.3, 0.4) is 0 Å². The molecule has 0 spiro atoms. The van der Waals surface area contributed by atoms with Gasteiger partial charge in [0.25, 0.3) is 11.8 Å². The minimum absolute atomic E-state index is 0.0798. The first-order chi connectivity index (χ1) is 12.1. The van der Waals surface area contributed by atoms with E-state index in [4.69, 9.17) is 10.5 Å². The summed E-state index contributed by atoms with van der Waals surface area (Å²) in [6.07, 6.45) is 2.16. The molecule has 2 atom stereocenters. The Morgan fingerprint density at radius 2 is 2.08 bits per heavy atom. The first-order valence-electron chi connectivity index (χ1n) is 8.43. The minimum Gasteiger partial charge on any atom is -0.481 e. The van der Waals surface area contributed by atoms with Crippen molar-refractivity contribution >= 4 is 11.8 Å². The van der Waals surface area contributed by atoms with Gasteiger partial charge in [0.05, 0.1) is 11.7 Å². The lowest BCUT2D eigenvalue weighted by atomic mass is 9.98. The number of hydrogen-bond donors (Lipinski definition) is 2. The van der Waals surface area contributed by atoms with E-state index in [1.807, 2.05) is 30.3 Å². The van der Waals surface area contributed by atoms with Crippen molar-refractivity contribution in [3.8, 4) is 5.75 Å². The zero-order valence-electron chi connectivity index (χ0n) is 14.1. The van der Waals surface area contributed by atoms with E-state index in [2.05, 4.69) is 10.2 Å². The number of rotatable bonds is 5. The maximum absolute atomic E-state index is 12.9. The van der Waals surface area contributed by atoms with Crippen molar-refractivity contribution in [1.29, 1.82) is 0 Å². The number of H-pyrrole nitrogens is 1. The number of nitrogens with two attached hydrogens (primary N) is 1. The van der Waals surface area contributed by atoms with Gasteiger partial charge in [0.15, 0.2) is 6.10 Å². The van der Waals surface area contributed by atoms with Gasteiger partial charge in [0, 0.05) is 6.54 Å². The average Bonchev–Trinajstić information content (AvgIpc) is 3.12. The van der Waals surface area contributed by atoms with Crippen molar-refractivity contribution in [2.45, 2.75) is 38.3 Å². The zero-order chi connectivity index (χ0) is 17.8. The standard InChI is InChI=1S/C18H22N4O3/c1-12(25-13-7-3-2-4-8-13)18(24)22-10-6-5-9-16(22)14-11-15(17(19)23)21-20-14/h2-4,7-8,11-12,16H,5-6,9-10H2,1H3,(H2,19,23)(H,20,21). The van der Waals surface area contributed by atoms with Gasteiger partial charge in [-0.1, -0.05) is 18.2 Å². The van der Waals surface area contributed by atoms with Crippen molar-refractivity contribution in [2.24, 2.45) is 5.73 Å². The van der Waals surface area contributed by atoms with Crippen LogP contribution in [0.4, 0.5) is 0 Å². The second-order valence-electron chi connectivity index (χ2n) is 6.19. The fraction of sp³-hybridized carbons (Fsp3) is 0.389. The first kappa shape index (κ1) is 17.0. The van der Waals surface area contributed by atoms with Gasteiger partial charge in [0.2, 0.25) is 0 Å². The van der Waals surface area contributed by atoms with Gasteiger partial charge in [-0.25, -0.2) is 0 Å². The molecule has 7 nitrogen and oxygen atoms in total. The van der Waals surface area contributed by atoms with Crippen LogP contribution in [0.5, 0.6) is 5.75 Å². The lowest BCUT2D eigenvalue weighted by Gasteiger charge is -2.36. The number of nitrogens with zero attached hydrogens (tertiary/aromatic N) is 2. The summed E-state index contributed by atoms with van der Waals surface area (Å²) < 4.78 is 5.77. The van der Waals surface area contributed by atoms with Crippen LogP contribution in [0.25, 0.3) is 0 Å². The molecular formula is C18H22N4O3. The Morgan fingerprint density at radius 3 is 2.76 bits per heavy atom. The van der Waals surface area contributed by atoms with Gasteiger partial charge < -0.3 is 15.4 Å². The largest absolute Gasteiger partial charge is 0.481 e. The fourth-order valence-corrected chi connectivity index (χ4v) is 3.14. The molecule has 0 radical (unpaired) electrons. The predicted octanol–water partition coefficient (Wildman–Crippen LogP) is 2.03. The third-order valence-electron chi connectivity index (χ3n) is 4.40. The van der Waals surface area contributed by atoms with E-state index in [1.54, 1.807) is 17.9 Å². The van der Waals surface area contributed by atoms with Gasteiger partial charge in [-0.15, -0.1) is 0 Å². The molecule has 2 heterocycles. The number of primary amides is 1. The highest BCUT2D eigenvalue weighted by Gasteiger charge is 2.32. The van der Waals surface area contributed by atoms with Crippen LogP contribution in [0.2, 0.25) is 0 Å².